The van der Waals surface area contributed by atoms with E-state index in [-0.39, 0.29) is 11.6 Å². The van der Waals surface area contributed by atoms with Crippen LogP contribution in [0.15, 0.2) is 54.9 Å². The molecule has 0 fully saturated rings. The average molecular weight is 522 g/mol. The molecule has 196 valence electrons. The van der Waals surface area contributed by atoms with Crippen molar-refractivity contribution in [2.75, 3.05) is 25.0 Å². The molecule has 11 heteroatoms. The number of rotatable bonds is 9. The number of fused-ring (bicyclic) bond motifs is 1. The Hall–Kier alpha value is -4.46. The monoisotopic (exact) mass is 521 g/mol. The summed E-state index contributed by atoms with van der Waals surface area (Å²) in [5, 5.41) is 12.2. The van der Waals surface area contributed by atoms with E-state index in [0.29, 0.717) is 60.9 Å². The maximum atomic E-state index is 13.0. The molecule has 0 atom stereocenters. The number of nitrogens with zero attached hydrogens (tertiary/aromatic N) is 6. The van der Waals surface area contributed by atoms with Gasteiger partial charge in [0.05, 0.1) is 16.8 Å². The van der Waals surface area contributed by atoms with Crippen molar-refractivity contribution in [3.05, 3.63) is 77.4 Å². The van der Waals surface area contributed by atoms with Gasteiger partial charge in [-0.25, -0.2) is 9.97 Å². The fourth-order valence-electron chi connectivity index (χ4n) is 3.98. The molecule has 0 radical (unpaired) electrons. The molecule has 1 amide bonds. The number of alkyl halides is 3. The van der Waals surface area contributed by atoms with Gasteiger partial charge in [-0.2, -0.15) is 18.4 Å². The maximum absolute atomic E-state index is 13.0. The molecular formula is C27H26F3N7O. The molecule has 4 rings (SSSR count). The Bertz CT molecular complexity index is 1450. The smallest absolute Gasteiger partial charge is 0.355 e. The summed E-state index contributed by atoms with van der Waals surface area (Å²) in [6.07, 6.45) is 0.0725. The van der Waals surface area contributed by atoms with E-state index in [9.17, 15) is 18.0 Å². The van der Waals surface area contributed by atoms with E-state index in [0.717, 1.165) is 17.8 Å². The van der Waals surface area contributed by atoms with Gasteiger partial charge >= 0.3 is 6.18 Å². The molecule has 0 unspecified atom stereocenters. The van der Waals surface area contributed by atoms with Crippen molar-refractivity contribution >= 4 is 17.5 Å². The van der Waals surface area contributed by atoms with Crippen LogP contribution < -0.4 is 5.32 Å². The van der Waals surface area contributed by atoms with Gasteiger partial charge in [0.1, 0.15) is 17.4 Å². The number of benzene rings is 1. The van der Waals surface area contributed by atoms with Crippen molar-refractivity contribution < 1.29 is 18.0 Å². The fourth-order valence-corrected chi connectivity index (χ4v) is 3.98. The second-order valence-corrected chi connectivity index (χ2v) is 8.55. The highest BCUT2D eigenvalue weighted by molar-refractivity contribution is 5.93. The number of aryl methyl sites for hydroxylation is 1. The summed E-state index contributed by atoms with van der Waals surface area (Å²) < 4.78 is 40.8. The Balaban J connectivity index is 1.62. The van der Waals surface area contributed by atoms with Crippen molar-refractivity contribution in [1.29, 1.82) is 5.26 Å². The largest absolute Gasteiger partial charge is 0.416 e. The summed E-state index contributed by atoms with van der Waals surface area (Å²) in [7, 11) is 0. The van der Waals surface area contributed by atoms with E-state index in [1.54, 1.807) is 33.7 Å². The summed E-state index contributed by atoms with van der Waals surface area (Å²) in [6, 6.07) is 12.0. The first kappa shape index (κ1) is 26.6. The topological polar surface area (TPSA) is 99.2 Å². The Labute approximate surface area is 217 Å². The number of nitriles is 1. The van der Waals surface area contributed by atoms with Crippen LogP contribution in [-0.4, -0.2) is 49.8 Å². The maximum Gasteiger partial charge on any atom is 0.416 e. The van der Waals surface area contributed by atoms with E-state index in [4.69, 9.17) is 5.26 Å². The highest BCUT2D eigenvalue weighted by Crippen LogP contribution is 2.31. The molecule has 1 aromatic carbocycles. The van der Waals surface area contributed by atoms with Crippen molar-refractivity contribution in [1.82, 2.24) is 24.3 Å². The van der Waals surface area contributed by atoms with Gasteiger partial charge in [-0.1, -0.05) is 12.1 Å². The van der Waals surface area contributed by atoms with Gasteiger partial charge in [0.25, 0.3) is 5.91 Å². The van der Waals surface area contributed by atoms with Crippen LogP contribution in [0.1, 0.15) is 47.6 Å². The number of aromatic nitrogens is 4. The molecule has 8 nitrogen and oxygen atoms in total. The van der Waals surface area contributed by atoms with Crippen LogP contribution in [0.4, 0.5) is 19.1 Å². The van der Waals surface area contributed by atoms with Gasteiger partial charge in [0, 0.05) is 49.4 Å². The zero-order valence-electron chi connectivity index (χ0n) is 21.0. The number of nitrogens with one attached hydrogen (secondary N) is 1. The summed E-state index contributed by atoms with van der Waals surface area (Å²) in [5.74, 6) is 0.198. The summed E-state index contributed by atoms with van der Waals surface area (Å²) in [4.78, 5) is 28.0. The molecule has 0 bridgehead atoms. The van der Waals surface area contributed by atoms with Crippen LogP contribution in [-0.2, 0) is 12.6 Å². The van der Waals surface area contributed by atoms with Gasteiger partial charge in [-0.05, 0) is 51.0 Å². The lowest BCUT2D eigenvalue weighted by Crippen LogP contribution is -2.30. The minimum absolute atomic E-state index is 0.215. The molecule has 1 N–H and O–H groups in total. The standard InChI is InChI=1S/C27H26F3N7O/c1-3-36(4-2)25(38)23-17-37-24(34-23)14-22(19-8-10-20(11-9-19)27(28,29)30)35-26(37)32-13-5-6-21-12-7-18(15-31)16-33-21/h7-12,14,16-17H,3-6,13H2,1-2H3,(H,32,35). The molecular weight excluding hydrogens is 495 g/mol. The Morgan fingerprint density at radius 2 is 1.84 bits per heavy atom. The molecule has 0 spiro atoms. The molecule has 0 saturated heterocycles. The highest BCUT2D eigenvalue weighted by Gasteiger charge is 2.30. The zero-order valence-corrected chi connectivity index (χ0v) is 21.0. The van der Waals surface area contributed by atoms with Gasteiger partial charge in [0.2, 0.25) is 5.95 Å². The predicted molar refractivity (Wildman–Crippen MR) is 136 cm³/mol. The number of hydrogen-bond donors (Lipinski definition) is 1. The molecule has 38 heavy (non-hydrogen) atoms. The van der Waals surface area contributed by atoms with Crippen molar-refractivity contribution in [3.63, 3.8) is 0 Å². The van der Waals surface area contributed by atoms with E-state index < -0.39 is 11.7 Å². The first-order valence-electron chi connectivity index (χ1n) is 12.2. The second kappa shape index (κ2) is 11.3. The number of carbonyl (C=O) groups excluding carboxylic acids is 1. The number of hydrogen-bond acceptors (Lipinski definition) is 6. The molecule has 4 aromatic rings. The van der Waals surface area contributed by atoms with Crippen LogP contribution in [0.5, 0.6) is 0 Å². The van der Waals surface area contributed by atoms with Gasteiger partial charge in [-0.3, -0.25) is 14.2 Å². The van der Waals surface area contributed by atoms with Crippen LogP contribution in [0.25, 0.3) is 16.9 Å². The normalized spacial score (nSPS) is 11.4. The van der Waals surface area contributed by atoms with Crippen LogP contribution >= 0.6 is 0 Å². The second-order valence-electron chi connectivity index (χ2n) is 8.55. The average Bonchev–Trinajstić information content (AvgIpc) is 3.36. The first-order chi connectivity index (χ1) is 18.2. The van der Waals surface area contributed by atoms with Crippen LogP contribution in [0, 0.1) is 11.3 Å². The van der Waals surface area contributed by atoms with E-state index >= 15 is 0 Å². The minimum Gasteiger partial charge on any atom is -0.355 e. The molecule has 0 aliphatic rings. The number of anilines is 1. The molecule has 0 aliphatic heterocycles. The number of pyridine rings is 1. The number of carbonyl (C=O) groups is 1. The quantitative estimate of drug-likeness (QED) is 0.304. The van der Waals surface area contributed by atoms with Crippen LogP contribution in [0.3, 0.4) is 0 Å². The zero-order chi connectivity index (χ0) is 27.3. The summed E-state index contributed by atoms with van der Waals surface area (Å²) in [6.45, 7) is 5.35. The lowest BCUT2D eigenvalue weighted by molar-refractivity contribution is -0.137. The fraction of sp³-hybridized carbons (Fsp3) is 0.296. The third-order valence-electron chi connectivity index (χ3n) is 6.08. The molecule has 3 heterocycles. The highest BCUT2D eigenvalue weighted by atomic mass is 19.4. The number of halogens is 3. The first-order valence-corrected chi connectivity index (χ1v) is 12.2. The molecule has 0 saturated carbocycles. The SMILES string of the molecule is CCN(CC)C(=O)c1cn2c(NCCCc3ccc(C#N)cn3)nc(-c3ccc(C(F)(F)F)cc3)cc2n1. The van der Waals surface area contributed by atoms with E-state index in [2.05, 4.69) is 20.3 Å². The number of amides is 1. The lowest BCUT2D eigenvalue weighted by Gasteiger charge is -2.16. The van der Waals surface area contributed by atoms with Gasteiger partial charge in [-0.15, -0.1) is 0 Å². The Morgan fingerprint density at radius 3 is 2.45 bits per heavy atom. The molecule has 0 aliphatic carbocycles. The van der Waals surface area contributed by atoms with E-state index in [1.165, 1.54) is 18.3 Å². The van der Waals surface area contributed by atoms with Gasteiger partial charge < -0.3 is 10.2 Å². The van der Waals surface area contributed by atoms with Crippen LogP contribution in [0.2, 0.25) is 0 Å². The predicted octanol–water partition coefficient (Wildman–Crippen LogP) is 5.21. The summed E-state index contributed by atoms with van der Waals surface area (Å²) >= 11 is 0. The minimum atomic E-state index is -4.44. The van der Waals surface area contributed by atoms with Gasteiger partial charge in [0.15, 0.2) is 0 Å². The lowest BCUT2D eigenvalue weighted by atomic mass is 10.1. The van der Waals surface area contributed by atoms with Crippen molar-refractivity contribution in [2.24, 2.45) is 0 Å². The Kier molecular flexibility index (Phi) is 7.90. The van der Waals surface area contributed by atoms with Crippen molar-refractivity contribution in [2.45, 2.75) is 32.9 Å². The van der Waals surface area contributed by atoms with E-state index in [1.807, 2.05) is 19.9 Å². The number of imidazole rings is 1. The third kappa shape index (κ3) is 5.91. The molecule has 3 aromatic heterocycles. The summed E-state index contributed by atoms with van der Waals surface area (Å²) in [5.41, 5.74) is 2.21. The van der Waals surface area contributed by atoms with Crippen molar-refractivity contribution in [3.8, 4) is 17.3 Å². The third-order valence-corrected chi connectivity index (χ3v) is 6.08. The Morgan fingerprint density at radius 1 is 1.11 bits per heavy atom.